The zero-order valence-corrected chi connectivity index (χ0v) is 15.8. The number of anilines is 1. The van der Waals surface area contributed by atoms with Gasteiger partial charge < -0.3 is 15.5 Å². The van der Waals surface area contributed by atoms with E-state index >= 15 is 0 Å². The molecule has 5 amide bonds. The van der Waals surface area contributed by atoms with E-state index < -0.39 is 6.04 Å². The Kier molecular flexibility index (Phi) is 4.42. The highest BCUT2D eigenvalue weighted by Crippen LogP contribution is 2.34. The van der Waals surface area contributed by atoms with Crippen LogP contribution in [-0.4, -0.2) is 56.3 Å². The lowest BCUT2D eigenvalue weighted by atomic mass is 9.98. The third kappa shape index (κ3) is 3.09. The standard InChI is InChI=1S/C17H20N6O3S/c1-9(2)18-16(25)19-10-6-7-22-13(8-10)15(24)23(17(22)26)12-5-3-4-11-14(12)21-27-20-11/h3-5,9-10,13H,6-8H2,1-2H3,(H2,18,19,25)/t10-,13-/m0/s1. The van der Waals surface area contributed by atoms with Gasteiger partial charge >= 0.3 is 12.1 Å². The van der Waals surface area contributed by atoms with E-state index in [4.69, 9.17) is 0 Å². The summed E-state index contributed by atoms with van der Waals surface area (Å²) in [4.78, 5) is 40.6. The molecule has 10 heteroatoms. The SMILES string of the molecule is CC(C)NC(=O)N[C@H]1CCN2C(=O)N(c3cccc4nsnc34)C(=O)[C@@H]2C1. The van der Waals surface area contributed by atoms with Gasteiger partial charge in [0.05, 0.1) is 17.4 Å². The Bertz CT molecular complexity index is 913. The first-order chi connectivity index (χ1) is 13.0. The van der Waals surface area contributed by atoms with Crippen LogP contribution in [0.5, 0.6) is 0 Å². The zero-order valence-electron chi connectivity index (χ0n) is 15.0. The van der Waals surface area contributed by atoms with Gasteiger partial charge in [0.15, 0.2) is 0 Å². The highest BCUT2D eigenvalue weighted by atomic mass is 32.1. The number of aromatic nitrogens is 2. The van der Waals surface area contributed by atoms with Crippen molar-refractivity contribution >= 4 is 46.4 Å². The van der Waals surface area contributed by atoms with Crippen LogP contribution in [0.2, 0.25) is 0 Å². The summed E-state index contributed by atoms with van der Waals surface area (Å²) in [5.41, 5.74) is 1.68. The van der Waals surface area contributed by atoms with Gasteiger partial charge in [0.2, 0.25) is 0 Å². The molecule has 0 saturated carbocycles. The molecule has 27 heavy (non-hydrogen) atoms. The maximum absolute atomic E-state index is 13.0. The predicted molar refractivity (Wildman–Crippen MR) is 101 cm³/mol. The van der Waals surface area contributed by atoms with Gasteiger partial charge in [0.25, 0.3) is 5.91 Å². The first kappa shape index (κ1) is 17.7. The van der Waals surface area contributed by atoms with Gasteiger partial charge in [-0.05, 0) is 38.8 Å². The fraction of sp³-hybridized carbons (Fsp3) is 0.471. The highest BCUT2D eigenvalue weighted by molar-refractivity contribution is 7.00. The monoisotopic (exact) mass is 388 g/mol. The number of amides is 5. The molecule has 4 rings (SSSR count). The molecule has 0 aliphatic carbocycles. The number of rotatable bonds is 3. The van der Waals surface area contributed by atoms with Gasteiger partial charge in [-0.15, -0.1) is 0 Å². The predicted octanol–water partition coefficient (Wildman–Crippen LogP) is 1.70. The number of carbonyl (C=O) groups excluding carboxylic acids is 3. The van der Waals surface area contributed by atoms with Gasteiger partial charge in [-0.25, -0.2) is 14.5 Å². The van der Waals surface area contributed by atoms with Crippen molar-refractivity contribution in [3.63, 3.8) is 0 Å². The zero-order chi connectivity index (χ0) is 19.1. The fourth-order valence-electron chi connectivity index (χ4n) is 3.61. The van der Waals surface area contributed by atoms with Crippen LogP contribution in [0.1, 0.15) is 26.7 Å². The summed E-state index contributed by atoms with van der Waals surface area (Å²) >= 11 is 1.05. The minimum atomic E-state index is -0.572. The van der Waals surface area contributed by atoms with Crippen LogP contribution in [0.15, 0.2) is 18.2 Å². The summed E-state index contributed by atoms with van der Waals surface area (Å²) < 4.78 is 8.41. The molecule has 0 unspecified atom stereocenters. The molecule has 2 aromatic rings. The Morgan fingerprint density at radius 1 is 1.30 bits per heavy atom. The van der Waals surface area contributed by atoms with Crippen molar-refractivity contribution in [1.29, 1.82) is 0 Å². The summed E-state index contributed by atoms with van der Waals surface area (Å²) in [6.07, 6.45) is 1.01. The van der Waals surface area contributed by atoms with E-state index in [2.05, 4.69) is 19.4 Å². The number of hydrogen-bond donors (Lipinski definition) is 2. The van der Waals surface area contributed by atoms with Crippen LogP contribution >= 0.6 is 11.7 Å². The second-order valence-corrected chi connectivity index (χ2v) is 7.60. The van der Waals surface area contributed by atoms with Gasteiger partial charge in [-0.3, -0.25) is 4.79 Å². The highest BCUT2D eigenvalue weighted by Gasteiger charge is 2.49. The minimum absolute atomic E-state index is 0.0301. The fourth-order valence-corrected chi connectivity index (χ4v) is 4.16. The van der Waals surface area contributed by atoms with Gasteiger partial charge in [-0.1, -0.05) is 6.07 Å². The summed E-state index contributed by atoms with van der Waals surface area (Å²) in [7, 11) is 0. The average Bonchev–Trinajstić information content (AvgIpc) is 3.18. The molecule has 2 atom stereocenters. The van der Waals surface area contributed by atoms with E-state index in [-0.39, 0.29) is 30.1 Å². The molecular formula is C17H20N6O3S. The van der Waals surface area contributed by atoms with Crippen molar-refractivity contribution in [1.82, 2.24) is 24.3 Å². The van der Waals surface area contributed by atoms with E-state index in [1.54, 1.807) is 23.1 Å². The van der Waals surface area contributed by atoms with Crippen LogP contribution in [0.3, 0.4) is 0 Å². The molecule has 0 radical (unpaired) electrons. The first-order valence-corrected chi connectivity index (χ1v) is 9.61. The normalized spacial score (nSPS) is 22.5. The Morgan fingerprint density at radius 2 is 2.11 bits per heavy atom. The van der Waals surface area contributed by atoms with E-state index in [1.807, 2.05) is 13.8 Å². The number of benzene rings is 1. The number of carbonyl (C=O) groups is 3. The molecule has 1 aromatic carbocycles. The Hall–Kier alpha value is -2.75. The maximum Gasteiger partial charge on any atom is 0.332 e. The van der Waals surface area contributed by atoms with Crippen molar-refractivity contribution in [2.75, 3.05) is 11.4 Å². The summed E-state index contributed by atoms with van der Waals surface area (Å²) in [6, 6.07) is 3.99. The average molecular weight is 388 g/mol. The first-order valence-electron chi connectivity index (χ1n) is 8.88. The molecule has 9 nitrogen and oxygen atoms in total. The lowest BCUT2D eigenvalue weighted by Crippen LogP contribution is -2.52. The van der Waals surface area contributed by atoms with Crippen LogP contribution < -0.4 is 15.5 Å². The lowest BCUT2D eigenvalue weighted by Gasteiger charge is -2.32. The third-order valence-corrected chi connectivity index (χ3v) is 5.35. The number of nitrogens with zero attached hydrogens (tertiary/aromatic N) is 4. The summed E-state index contributed by atoms with van der Waals surface area (Å²) in [5.74, 6) is -0.281. The van der Waals surface area contributed by atoms with E-state index in [1.165, 1.54) is 4.90 Å². The molecular weight excluding hydrogens is 368 g/mol. The topological polar surface area (TPSA) is 108 Å². The van der Waals surface area contributed by atoms with E-state index in [0.717, 1.165) is 11.7 Å². The van der Waals surface area contributed by atoms with Crippen molar-refractivity contribution in [3.8, 4) is 0 Å². The maximum atomic E-state index is 13.0. The second kappa shape index (κ2) is 6.76. The molecule has 3 heterocycles. The number of hydrogen-bond acceptors (Lipinski definition) is 6. The summed E-state index contributed by atoms with van der Waals surface area (Å²) in [5, 5.41) is 5.68. The molecule has 0 bridgehead atoms. The number of nitrogens with one attached hydrogen (secondary N) is 2. The number of imide groups is 1. The van der Waals surface area contributed by atoms with Gasteiger partial charge in [-0.2, -0.15) is 8.75 Å². The molecule has 2 aliphatic heterocycles. The quantitative estimate of drug-likeness (QED) is 0.778. The van der Waals surface area contributed by atoms with Crippen molar-refractivity contribution in [2.45, 2.75) is 44.8 Å². The van der Waals surface area contributed by atoms with Gasteiger partial charge in [0, 0.05) is 18.6 Å². The van der Waals surface area contributed by atoms with Crippen LogP contribution in [0.25, 0.3) is 11.0 Å². The lowest BCUT2D eigenvalue weighted by molar-refractivity contribution is -0.120. The van der Waals surface area contributed by atoms with Crippen molar-refractivity contribution in [2.24, 2.45) is 0 Å². The molecule has 142 valence electrons. The Morgan fingerprint density at radius 3 is 2.89 bits per heavy atom. The Labute approximate surface area is 160 Å². The van der Waals surface area contributed by atoms with Crippen LogP contribution in [-0.2, 0) is 4.79 Å². The number of fused-ring (bicyclic) bond motifs is 2. The smallest absolute Gasteiger partial charge is 0.332 e. The minimum Gasteiger partial charge on any atom is -0.336 e. The molecule has 1 aromatic heterocycles. The molecule has 2 fully saturated rings. The number of piperidine rings is 1. The van der Waals surface area contributed by atoms with E-state index in [0.29, 0.717) is 36.1 Å². The third-order valence-electron chi connectivity index (χ3n) is 4.81. The molecule has 0 spiro atoms. The second-order valence-electron chi connectivity index (χ2n) is 7.07. The number of urea groups is 2. The van der Waals surface area contributed by atoms with Gasteiger partial charge in [0.1, 0.15) is 17.1 Å². The van der Waals surface area contributed by atoms with Crippen molar-refractivity contribution in [3.05, 3.63) is 18.2 Å². The molecule has 2 saturated heterocycles. The molecule has 2 N–H and O–H groups in total. The molecule has 2 aliphatic rings. The largest absolute Gasteiger partial charge is 0.336 e. The van der Waals surface area contributed by atoms with Crippen molar-refractivity contribution < 1.29 is 14.4 Å². The van der Waals surface area contributed by atoms with Crippen LogP contribution in [0, 0.1) is 0 Å². The van der Waals surface area contributed by atoms with E-state index in [9.17, 15) is 14.4 Å². The Balaban J connectivity index is 1.55. The summed E-state index contributed by atoms with van der Waals surface area (Å²) in [6.45, 7) is 4.18. The van der Waals surface area contributed by atoms with Crippen LogP contribution in [0.4, 0.5) is 15.3 Å².